The van der Waals surface area contributed by atoms with Crippen molar-refractivity contribution in [1.82, 2.24) is 0 Å². The molecule has 0 aromatic rings. The van der Waals surface area contributed by atoms with Crippen LogP contribution in [0.1, 0.15) is 64.2 Å². The number of methoxy groups -OCH3 is 1. The summed E-state index contributed by atoms with van der Waals surface area (Å²) < 4.78 is 30.6. The molecule has 1 unspecified atom stereocenters. The van der Waals surface area contributed by atoms with Gasteiger partial charge in [0.15, 0.2) is 5.79 Å². The zero-order valence-electron chi connectivity index (χ0n) is 14.9. The second kappa shape index (κ2) is 5.91. The minimum absolute atomic E-state index is 0.0389. The average Bonchev–Trinajstić information content (AvgIpc) is 3.11. The standard InChI is InChI=1S/C19H28O6/c1-21-16(20)9-12-5-6-15-18(23-12)10-13(22-15)17-14(11-18)24-19(25-17)7-3-2-4-8-19/h12-15,17H,2-11H2,1H3/t12-,13-,14-,15+,17+,18?/m1/s1. The van der Waals surface area contributed by atoms with Gasteiger partial charge in [-0.15, -0.1) is 0 Å². The molecular formula is C19H28O6. The van der Waals surface area contributed by atoms with Crippen LogP contribution < -0.4 is 0 Å². The fraction of sp³-hybridized carbons (Fsp3) is 0.947. The summed E-state index contributed by atoms with van der Waals surface area (Å²) in [5.41, 5.74) is -0.313. The Hall–Kier alpha value is -0.690. The fourth-order valence-corrected chi connectivity index (χ4v) is 5.74. The summed E-state index contributed by atoms with van der Waals surface area (Å²) in [7, 11) is 1.43. The van der Waals surface area contributed by atoms with Crippen molar-refractivity contribution in [3.63, 3.8) is 0 Å². The molecule has 5 aliphatic rings. The van der Waals surface area contributed by atoms with Crippen molar-refractivity contribution in [2.45, 2.75) is 106 Å². The van der Waals surface area contributed by atoms with Gasteiger partial charge in [-0.05, 0) is 25.7 Å². The quantitative estimate of drug-likeness (QED) is 0.712. The highest BCUT2D eigenvalue weighted by Gasteiger charge is 2.65. The first-order valence-electron chi connectivity index (χ1n) is 9.87. The van der Waals surface area contributed by atoms with Crippen molar-refractivity contribution in [2.24, 2.45) is 0 Å². The molecule has 0 N–H and O–H groups in total. The Balaban J connectivity index is 1.33. The number of rotatable bonds is 2. The van der Waals surface area contributed by atoms with E-state index in [0.717, 1.165) is 38.5 Å². The van der Waals surface area contributed by atoms with Crippen LogP contribution in [0.25, 0.3) is 0 Å². The number of hydrogen-bond donors (Lipinski definition) is 0. The number of esters is 1. The Labute approximate surface area is 148 Å². The minimum atomic E-state index is -0.381. The van der Waals surface area contributed by atoms with Crippen molar-refractivity contribution >= 4 is 5.97 Å². The Morgan fingerprint density at radius 1 is 1.04 bits per heavy atom. The monoisotopic (exact) mass is 352 g/mol. The van der Waals surface area contributed by atoms with Crippen LogP contribution in [-0.2, 0) is 28.5 Å². The molecule has 0 radical (unpaired) electrons. The van der Waals surface area contributed by atoms with Gasteiger partial charge in [0.25, 0.3) is 0 Å². The number of hydrogen-bond acceptors (Lipinski definition) is 6. The van der Waals surface area contributed by atoms with Crippen LogP contribution in [0.15, 0.2) is 0 Å². The maximum atomic E-state index is 11.6. The lowest BCUT2D eigenvalue weighted by atomic mass is 9.76. The van der Waals surface area contributed by atoms with Gasteiger partial charge in [0.2, 0.25) is 0 Å². The molecule has 3 aliphatic heterocycles. The molecule has 6 atom stereocenters. The summed E-state index contributed by atoms with van der Waals surface area (Å²) in [6.45, 7) is 0. The summed E-state index contributed by atoms with van der Waals surface area (Å²) in [5, 5.41) is 0. The van der Waals surface area contributed by atoms with E-state index in [9.17, 15) is 4.79 Å². The molecule has 2 aliphatic carbocycles. The third kappa shape index (κ3) is 2.64. The van der Waals surface area contributed by atoms with E-state index in [0.29, 0.717) is 6.42 Å². The summed E-state index contributed by atoms with van der Waals surface area (Å²) >= 11 is 0. The zero-order chi connectivity index (χ0) is 17.1. The fourth-order valence-electron chi connectivity index (χ4n) is 5.74. The normalized spacial score (nSPS) is 47.3. The van der Waals surface area contributed by atoms with E-state index >= 15 is 0 Å². The molecule has 0 aromatic heterocycles. The summed E-state index contributed by atoms with van der Waals surface area (Å²) in [4.78, 5) is 11.6. The maximum Gasteiger partial charge on any atom is 0.308 e. The molecule has 2 spiro atoms. The van der Waals surface area contributed by atoms with E-state index in [4.69, 9.17) is 23.7 Å². The highest BCUT2D eigenvalue weighted by Crippen LogP contribution is 2.55. The Bertz CT molecular complexity index is 544. The second-order valence-electron chi connectivity index (χ2n) is 8.44. The Morgan fingerprint density at radius 2 is 1.84 bits per heavy atom. The van der Waals surface area contributed by atoms with Crippen molar-refractivity contribution < 1.29 is 28.5 Å². The first-order chi connectivity index (χ1) is 12.1. The van der Waals surface area contributed by atoms with Crippen molar-refractivity contribution in [1.29, 1.82) is 0 Å². The van der Waals surface area contributed by atoms with Gasteiger partial charge in [-0.3, -0.25) is 4.79 Å². The first kappa shape index (κ1) is 16.5. The van der Waals surface area contributed by atoms with E-state index in [1.165, 1.54) is 26.4 Å². The van der Waals surface area contributed by atoms with Crippen LogP contribution in [0.4, 0.5) is 0 Å². The summed E-state index contributed by atoms with van der Waals surface area (Å²) in [5.74, 6) is -0.584. The maximum absolute atomic E-state index is 11.6. The molecule has 140 valence electrons. The second-order valence-corrected chi connectivity index (χ2v) is 8.44. The van der Waals surface area contributed by atoms with Crippen LogP contribution in [0.2, 0.25) is 0 Å². The largest absolute Gasteiger partial charge is 0.469 e. The molecule has 3 saturated heterocycles. The van der Waals surface area contributed by atoms with Crippen LogP contribution in [0.3, 0.4) is 0 Å². The lowest BCUT2D eigenvalue weighted by Gasteiger charge is -2.44. The molecule has 3 heterocycles. The lowest BCUT2D eigenvalue weighted by Crippen LogP contribution is -2.54. The lowest BCUT2D eigenvalue weighted by molar-refractivity contribution is -0.216. The third-order valence-electron chi connectivity index (χ3n) is 6.86. The highest BCUT2D eigenvalue weighted by atomic mass is 16.8. The first-order valence-corrected chi connectivity index (χ1v) is 9.87. The minimum Gasteiger partial charge on any atom is -0.469 e. The smallest absolute Gasteiger partial charge is 0.308 e. The molecule has 25 heavy (non-hydrogen) atoms. The van der Waals surface area contributed by atoms with Crippen LogP contribution in [-0.4, -0.2) is 55.0 Å². The number of carbonyl (C=O) groups excluding carboxylic acids is 1. The molecule has 6 nitrogen and oxygen atoms in total. The molecule has 2 bridgehead atoms. The molecule has 5 fully saturated rings. The molecular weight excluding hydrogens is 324 g/mol. The van der Waals surface area contributed by atoms with Gasteiger partial charge < -0.3 is 23.7 Å². The van der Waals surface area contributed by atoms with E-state index in [1.807, 2.05) is 0 Å². The molecule has 0 aromatic carbocycles. The van der Waals surface area contributed by atoms with Crippen LogP contribution >= 0.6 is 0 Å². The third-order valence-corrected chi connectivity index (χ3v) is 6.86. The number of ether oxygens (including phenoxy) is 5. The van der Waals surface area contributed by atoms with Crippen LogP contribution in [0.5, 0.6) is 0 Å². The summed E-state index contributed by atoms with van der Waals surface area (Å²) in [6, 6.07) is 0. The number of fused-ring (bicyclic) bond motifs is 3. The van der Waals surface area contributed by atoms with Gasteiger partial charge in [0.05, 0.1) is 43.5 Å². The van der Waals surface area contributed by atoms with Gasteiger partial charge >= 0.3 is 5.97 Å². The molecule has 6 heteroatoms. The Kier molecular flexibility index (Phi) is 3.90. The van der Waals surface area contributed by atoms with Gasteiger partial charge in [0.1, 0.15) is 6.10 Å². The summed E-state index contributed by atoms with van der Waals surface area (Å²) in [6.07, 6.45) is 9.57. The van der Waals surface area contributed by atoms with Crippen molar-refractivity contribution in [3.05, 3.63) is 0 Å². The van der Waals surface area contributed by atoms with Crippen LogP contribution in [0, 0.1) is 0 Å². The van der Waals surface area contributed by atoms with Gasteiger partial charge in [-0.1, -0.05) is 6.42 Å². The molecule has 0 amide bonds. The van der Waals surface area contributed by atoms with E-state index in [-0.39, 0.29) is 47.9 Å². The van der Waals surface area contributed by atoms with Crippen molar-refractivity contribution in [3.8, 4) is 0 Å². The SMILES string of the molecule is COC(=O)C[C@H]1CC[C@@H]2O[C@@H]3CC2(C[C@H]2OC4(CCCCC4)O[C@@H]32)O1. The Morgan fingerprint density at radius 3 is 2.64 bits per heavy atom. The zero-order valence-corrected chi connectivity index (χ0v) is 14.9. The highest BCUT2D eigenvalue weighted by molar-refractivity contribution is 5.69. The predicted octanol–water partition coefficient (Wildman–Crippen LogP) is 2.47. The molecule has 2 saturated carbocycles. The van der Waals surface area contributed by atoms with E-state index in [1.54, 1.807) is 0 Å². The topological polar surface area (TPSA) is 63.2 Å². The van der Waals surface area contributed by atoms with Crippen molar-refractivity contribution in [2.75, 3.05) is 7.11 Å². The average molecular weight is 352 g/mol. The van der Waals surface area contributed by atoms with E-state index in [2.05, 4.69) is 0 Å². The molecule has 5 rings (SSSR count). The predicted molar refractivity (Wildman–Crippen MR) is 86.9 cm³/mol. The van der Waals surface area contributed by atoms with Gasteiger partial charge in [-0.25, -0.2) is 0 Å². The van der Waals surface area contributed by atoms with E-state index < -0.39 is 0 Å². The number of carbonyl (C=O) groups is 1. The van der Waals surface area contributed by atoms with Gasteiger partial charge in [-0.2, -0.15) is 0 Å². The van der Waals surface area contributed by atoms with Gasteiger partial charge in [0, 0.05) is 25.7 Å².